The largest absolute Gasteiger partial charge is 0.416 e. The zero-order valence-corrected chi connectivity index (χ0v) is 22.8. The van der Waals surface area contributed by atoms with E-state index in [4.69, 9.17) is 0 Å². The second-order valence-corrected chi connectivity index (χ2v) is 11.5. The summed E-state index contributed by atoms with van der Waals surface area (Å²) < 4.78 is 40.3. The molecule has 0 aliphatic carbocycles. The lowest BCUT2D eigenvalue weighted by Crippen LogP contribution is -2.50. The number of nitrogens with one attached hydrogen (secondary N) is 1. The molecule has 0 bridgehead atoms. The highest BCUT2D eigenvalue weighted by Gasteiger charge is 2.58. The van der Waals surface area contributed by atoms with Crippen molar-refractivity contribution in [3.05, 3.63) is 101 Å². The molecule has 3 aromatic carbocycles. The minimum Gasteiger partial charge on any atom is -0.392 e. The van der Waals surface area contributed by atoms with Crippen molar-refractivity contribution in [2.75, 3.05) is 0 Å². The van der Waals surface area contributed by atoms with Gasteiger partial charge in [-0.05, 0) is 55.7 Å². The molecule has 2 amide bonds. The van der Waals surface area contributed by atoms with Crippen LogP contribution in [-0.4, -0.2) is 32.6 Å². The monoisotopic (exact) mass is 556 g/mol. The van der Waals surface area contributed by atoms with Gasteiger partial charge in [0.15, 0.2) is 0 Å². The van der Waals surface area contributed by atoms with Gasteiger partial charge in [-0.3, -0.25) is 9.59 Å². The van der Waals surface area contributed by atoms with Crippen molar-refractivity contribution in [2.24, 2.45) is 0 Å². The van der Waals surface area contributed by atoms with Gasteiger partial charge in [-0.2, -0.15) is 13.2 Å². The number of aliphatic hydroxyl groups is 1. The molecule has 39 heavy (non-hydrogen) atoms. The number of rotatable bonds is 8. The van der Waals surface area contributed by atoms with Crippen molar-refractivity contribution in [3.8, 4) is 0 Å². The fourth-order valence-corrected chi connectivity index (χ4v) is 6.33. The lowest BCUT2D eigenvalue weighted by atomic mass is 9.90. The van der Waals surface area contributed by atoms with Gasteiger partial charge in [0.2, 0.25) is 11.8 Å². The van der Waals surface area contributed by atoms with E-state index in [1.54, 1.807) is 24.3 Å². The van der Waals surface area contributed by atoms with Gasteiger partial charge in [-0.1, -0.05) is 60.2 Å². The third-order valence-electron chi connectivity index (χ3n) is 6.75. The van der Waals surface area contributed by atoms with Crippen LogP contribution in [0.2, 0.25) is 0 Å². The van der Waals surface area contributed by atoms with Gasteiger partial charge in [-0.25, -0.2) is 0 Å². The Kier molecular flexibility index (Phi) is 8.42. The van der Waals surface area contributed by atoms with E-state index in [0.717, 1.165) is 16.5 Å². The summed E-state index contributed by atoms with van der Waals surface area (Å²) in [5, 5.41) is 12.5. The number of aryl methyl sites for hydroxylation is 1. The number of carbonyl (C=O) groups is 2. The van der Waals surface area contributed by atoms with E-state index in [0.29, 0.717) is 11.1 Å². The summed E-state index contributed by atoms with van der Waals surface area (Å²) >= 11 is 1.25. The Morgan fingerprint density at radius 2 is 1.72 bits per heavy atom. The zero-order chi connectivity index (χ0) is 28.4. The highest BCUT2D eigenvalue weighted by molar-refractivity contribution is 8.01. The molecule has 1 saturated heterocycles. The molecule has 0 aromatic heterocycles. The van der Waals surface area contributed by atoms with Gasteiger partial charge in [-0.15, -0.1) is 11.8 Å². The SMILES string of the molecule is Cc1ccc(S[C@]2(C(=O)NC(C)C)CC(=O)N(Cc3ccccc3C(F)(F)F)[C@@H]2c2ccc(CO)cc2)cc1. The molecule has 1 heterocycles. The fraction of sp³-hybridized carbons (Fsp3) is 0.333. The quantitative estimate of drug-likeness (QED) is 0.355. The highest BCUT2D eigenvalue weighted by atomic mass is 32.2. The maximum Gasteiger partial charge on any atom is 0.416 e. The predicted molar refractivity (Wildman–Crippen MR) is 145 cm³/mol. The molecular weight excluding hydrogens is 525 g/mol. The molecule has 4 rings (SSSR count). The first-order chi connectivity index (χ1) is 18.4. The lowest BCUT2D eigenvalue weighted by molar-refractivity contribution is -0.139. The molecule has 1 aliphatic rings. The first-order valence-corrected chi connectivity index (χ1v) is 13.5. The van der Waals surface area contributed by atoms with Crippen LogP contribution < -0.4 is 5.32 Å². The van der Waals surface area contributed by atoms with Gasteiger partial charge < -0.3 is 15.3 Å². The zero-order valence-electron chi connectivity index (χ0n) is 22.0. The maximum atomic E-state index is 14.0. The number of nitrogens with zero attached hydrogens (tertiary/aromatic N) is 1. The van der Waals surface area contributed by atoms with E-state index in [9.17, 15) is 27.9 Å². The highest BCUT2D eigenvalue weighted by Crippen LogP contribution is 2.53. The summed E-state index contributed by atoms with van der Waals surface area (Å²) in [4.78, 5) is 29.9. The molecule has 1 aliphatic heterocycles. The minimum absolute atomic E-state index is 0.0456. The summed E-state index contributed by atoms with van der Waals surface area (Å²) in [6, 6.07) is 18.5. The van der Waals surface area contributed by atoms with Crippen LogP contribution in [0.25, 0.3) is 0 Å². The van der Waals surface area contributed by atoms with Gasteiger partial charge in [0.1, 0.15) is 4.75 Å². The smallest absolute Gasteiger partial charge is 0.392 e. The Balaban J connectivity index is 1.88. The molecule has 0 radical (unpaired) electrons. The topological polar surface area (TPSA) is 69.6 Å². The van der Waals surface area contributed by atoms with Crippen molar-refractivity contribution in [1.29, 1.82) is 0 Å². The lowest BCUT2D eigenvalue weighted by Gasteiger charge is -2.37. The first kappa shape index (κ1) is 28.7. The van der Waals surface area contributed by atoms with Crippen molar-refractivity contribution < 1.29 is 27.9 Å². The maximum absolute atomic E-state index is 14.0. The number of amides is 2. The molecular formula is C30H31F3N2O3S. The van der Waals surface area contributed by atoms with Crippen LogP contribution in [0.5, 0.6) is 0 Å². The van der Waals surface area contributed by atoms with Crippen molar-refractivity contribution >= 4 is 23.6 Å². The van der Waals surface area contributed by atoms with Gasteiger partial charge in [0, 0.05) is 17.5 Å². The molecule has 1 fully saturated rings. The van der Waals surface area contributed by atoms with Crippen LogP contribution in [0.15, 0.2) is 77.7 Å². The second kappa shape index (κ2) is 11.4. The third kappa shape index (κ3) is 6.15. The average Bonchev–Trinajstić information content (AvgIpc) is 3.16. The minimum atomic E-state index is -4.60. The summed E-state index contributed by atoms with van der Waals surface area (Å²) in [6.45, 7) is 5.08. The van der Waals surface area contributed by atoms with Crippen LogP contribution in [0.1, 0.15) is 54.1 Å². The van der Waals surface area contributed by atoms with Crippen LogP contribution in [0.4, 0.5) is 13.2 Å². The predicted octanol–water partition coefficient (Wildman–Crippen LogP) is 6.04. The van der Waals surface area contributed by atoms with E-state index in [1.165, 1.54) is 34.9 Å². The first-order valence-electron chi connectivity index (χ1n) is 12.7. The molecule has 5 nitrogen and oxygen atoms in total. The number of thioether (sulfide) groups is 1. The van der Waals surface area contributed by atoms with Crippen LogP contribution >= 0.6 is 11.8 Å². The molecule has 0 saturated carbocycles. The summed E-state index contributed by atoms with van der Waals surface area (Å²) in [5.74, 6) is -0.777. The summed E-state index contributed by atoms with van der Waals surface area (Å²) in [5.41, 5.74) is 1.41. The van der Waals surface area contributed by atoms with E-state index in [1.807, 2.05) is 45.0 Å². The normalized spacial score (nSPS) is 19.5. The van der Waals surface area contributed by atoms with Crippen molar-refractivity contribution in [3.63, 3.8) is 0 Å². The number of benzene rings is 3. The van der Waals surface area contributed by atoms with E-state index in [-0.39, 0.29) is 37.1 Å². The number of carbonyl (C=O) groups excluding carboxylic acids is 2. The summed E-state index contributed by atoms with van der Waals surface area (Å²) in [6.07, 6.45) is -4.79. The third-order valence-corrected chi connectivity index (χ3v) is 8.18. The van der Waals surface area contributed by atoms with E-state index >= 15 is 0 Å². The molecule has 3 aromatic rings. The molecule has 206 valence electrons. The summed E-state index contributed by atoms with van der Waals surface area (Å²) in [7, 11) is 0. The van der Waals surface area contributed by atoms with Crippen LogP contribution in [0, 0.1) is 6.92 Å². The van der Waals surface area contributed by atoms with Gasteiger partial charge in [0.05, 0.1) is 24.6 Å². The fourth-order valence-electron chi connectivity index (χ4n) is 4.91. The van der Waals surface area contributed by atoms with Gasteiger partial charge >= 0.3 is 6.18 Å². The Hall–Kier alpha value is -3.30. The number of halogens is 3. The molecule has 2 N–H and O–H groups in total. The molecule has 9 heteroatoms. The molecule has 0 unspecified atom stereocenters. The van der Waals surface area contributed by atoms with Crippen molar-refractivity contribution in [2.45, 2.75) is 68.2 Å². The Labute approximate surface area is 230 Å². The number of hydrogen-bond acceptors (Lipinski definition) is 4. The van der Waals surface area contributed by atoms with Crippen LogP contribution in [0.3, 0.4) is 0 Å². The number of likely N-dealkylation sites (tertiary alicyclic amines) is 1. The average molecular weight is 557 g/mol. The van der Waals surface area contributed by atoms with Gasteiger partial charge in [0.25, 0.3) is 0 Å². The van der Waals surface area contributed by atoms with E-state index < -0.39 is 28.4 Å². The number of alkyl halides is 3. The Morgan fingerprint density at radius 1 is 1.08 bits per heavy atom. The molecule has 2 atom stereocenters. The number of hydrogen-bond donors (Lipinski definition) is 2. The molecule has 0 spiro atoms. The van der Waals surface area contributed by atoms with E-state index in [2.05, 4.69) is 5.32 Å². The van der Waals surface area contributed by atoms with Crippen molar-refractivity contribution in [1.82, 2.24) is 10.2 Å². The second-order valence-electron chi connectivity index (χ2n) is 10.1. The Morgan fingerprint density at radius 3 is 2.31 bits per heavy atom. The Bertz CT molecular complexity index is 1330. The standard InChI is InChI=1S/C30H31F3N2O3S/c1-19(2)34-28(38)29(39-24-14-8-20(3)9-15-24)16-26(37)35(27(29)22-12-10-21(18-36)11-13-22)17-23-6-4-5-7-25(23)30(31,32)33/h4-15,19,27,36H,16-18H2,1-3H3,(H,34,38)/t27-,29-/m1/s1. The number of aliphatic hydroxyl groups excluding tert-OH is 1. The van der Waals surface area contributed by atoms with Crippen LogP contribution in [-0.2, 0) is 28.9 Å².